The molecule has 1 N–H and O–H groups in total. The number of thiazole rings is 1. The van der Waals surface area contributed by atoms with E-state index in [1.807, 2.05) is 39.9 Å². The summed E-state index contributed by atoms with van der Waals surface area (Å²) < 4.78 is 9.45. The van der Waals surface area contributed by atoms with Gasteiger partial charge in [-0.3, -0.25) is 0 Å². The predicted octanol–water partition coefficient (Wildman–Crippen LogP) is 5.53. The van der Waals surface area contributed by atoms with Crippen LogP contribution < -0.4 is 10.1 Å². The average Bonchev–Trinajstić information content (AvgIpc) is 3.47. The van der Waals surface area contributed by atoms with Gasteiger partial charge in [0.1, 0.15) is 17.2 Å². The standard InChI is InChI=1S/C23H29N7OS/c1-14(2)30-20(10-19(28-30)23(4,5)6)27-22-26-17(12-32-22)16-8-9-18(21(25-16)31-7)29-11-15(3)24-13-29/h8-14H,1-7H3,(H,26,27). The van der Waals surface area contributed by atoms with E-state index in [1.54, 1.807) is 13.4 Å². The van der Waals surface area contributed by atoms with E-state index in [2.05, 4.69) is 56.0 Å². The van der Waals surface area contributed by atoms with Crippen molar-refractivity contribution in [2.24, 2.45) is 0 Å². The summed E-state index contributed by atoms with van der Waals surface area (Å²) in [5, 5.41) is 11.0. The van der Waals surface area contributed by atoms with Crippen LogP contribution in [0.15, 0.2) is 36.1 Å². The molecular weight excluding hydrogens is 422 g/mol. The number of pyridine rings is 1. The van der Waals surface area contributed by atoms with Crippen LogP contribution in [0.1, 0.15) is 52.0 Å². The number of ether oxygens (including phenoxy) is 1. The maximum absolute atomic E-state index is 5.54. The van der Waals surface area contributed by atoms with Gasteiger partial charge in [0.15, 0.2) is 5.13 Å². The van der Waals surface area contributed by atoms with Crippen LogP contribution in [0.2, 0.25) is 0 Å². The Morgan fingerprint density at radius 1 is 1.12 bits per heavy atom. The van der Waals surface area contributed by atoms with Crippen molar-refractivity contribution in [1.82, 2.24) is 29.3 Å². The van der Waals surface area contributed by atoms with Gasteiger partial charge in [0.05, 0.1) is 30.5 Å². The number of nitrogens with one attached hydrogen (secondary N) is 1. The highest BCUT2D eigenvalue weighted by Gasteiger charge is 2.21. The van der Waals surface area contributed by atoms with E-state index >= 15 is 0 Å². The van der Waals surface area contributed by atoms with Gasteiger partial charge in [-0.05, 0) is 32.9 Å². The molecule has 8 nitrogen and oxygen atoms in total. The van der Waals surface area contributed by atoms with Crippen molar-refractivity contribution >= 4 is 22.3 Å². The summed E-state index contributed by atoms with van der Waals surface area (Å²) in [6, 6.07) is 6.25. The number of aromatic nitrogens is 6. The zero-order valence-electron chi connectivity index (χ0n) is 19.5. The van der Waals surface area contributed by atoms with Crippen LogP contribution in [0.25, 0.3) is 17.1 Å². The third kappa shape index (κ3) is 4.38. The number of rotatable bonds is 6. The molecule has 0 spiro atoms. The van der Waals surface area contributed by atoms with Crippen LogP contribution in [0.4, 0.5) is 10.9 Å². The minimum absolute atomic E-state index is 0.0272. The molecule has 168 valence electrons. The quantitative estimate of drug-likeness (QED) is 0.415. The number of aryl methyl sites for hydroxylation is 1. The fraction of sp³-hybridized carbons (Fsp3) is 0.391. The van der Waals surface area contributed by atoms with Gasteiger partial charge < -0.3 is 14.6 Å². The zero-order valence-corrected chi connectivity index (χ0v) is 20.4. The first-order valence-corrected chi connectivity index (χ1v) is 11.4. The van der Waals surface area contributed by atoms with E-state index in [-0.39, 0.29) is 11.5 Å². The van der Waals surface area contributed by atoms with Crippen molar-refractivity contribution in [1.29, 1.82) is 0 Å². The van der Waals surface area contributed by atoms with Crippen molar-refractivity contribution in [3.8, 4) is 23.0 Å². The summed E-state index contributed by atoms with van der Waals surface area (Å²) in [5.41, 5.74) is 4.32. The first kappa shape index (κ1) is 22.0. The zero-order chi connectivity index (χ0) is 23.0. The first-order chi connectivity index (χ1) is 15.2. The molecule has 0 unspecified atom stereocenters. The molecule has 0 aliphatic carbocycles. The highest BCUT2D eigenvalue weighted by molar-refractivity contribution is 7.14. The van der Waals surface area contributed by atoms with Crippen LogP contribution in [-0.4, -0.2) is 36.4 Å². The van der Waals surface area contributed by atoms with Crippen molar-refractivity contribution in [3.63, 3.8) is 0 Å². The molecule has 32 heavy (non-hydrogen) atoms. The summed E-state index contributed by atoms with van der Waals surface area (Å²) in [4.78, 5) is 13.7. The molecule has 9 heteroatoms. The SMILES string of the molecule is COc1nc(-c2csc(Nc3cc(C(C)(C)C)nn3C(C)C)n2)ccc1-n1cnc(C)c1. The summed E-state index contributed by atoms with van der Waals surface area (Å²) in [6.07, 6.45) is 3.69. The maximum Gasteiger partial charge on any atom is 0.238 e. The molecule has 0 saturated heterocycles. The third-order valence-corrected chi connectivity index (χ3v) is 5.78. The van der Waals surface area contributed by atoms with E-state index in [0.29, 0.717) is 5.88 Å². The summed E-state index contributed by atoms with van der Waals surface area (Å²) in [5.74, 6) is 1.46. The van der Waals surface area contributed by atoms with Gasteiger partial charge in [0.25, 0.3) is 0 Å². The Balaban J connectivity index is 1.62. The van der Waals surface area contributed by atoms with E-state index < -0.39 is 0 Å². The van der Waals surface area contributed by atoms with E-state index in [9.17, 15) is 0 Å². The van der Waals surface area contributed by atoms with E-state index in [1.165, 1.54) is 11.3 Å². The molecule has 4 aromatic rings. The van der Waals surface area contributed by atoms with Crippen LogP contribution in [-0.2, 0) is 5.41 Å². The lowest BCUT2D eigenvalue weighted by atomic mass is 9.92. The number of methoxy groups -OCH3 is 1. The summed E-state index contributed by atoms with van der Waals surface area (Å²) >= 11 is 1.53. The lowest BCUT2D eigenvalue weighted by molar-refractivity contribution is 0.396. The molecule has 4 heterocycles. The van der Waals surface area contributed by atoms with E-state index in [4.69, 9.17) is 14.8 Å². The molecule has 0 atom stereocenters. The lowest BCUT2D eigenvalue weighted by Crippen LogP contribution is -2.13. The molecule has 0 aliphatic heterocycles. The number of imidazole rings is 1. The summed E-state index contributed by atoms with van der Waals surface area (Å²) in [7, 11) is 1.62. The average molecular weight is 452 g/mol. The number of anilines is 2. The van der Waals surface area contributed by atoms with Crippen molar-refractivity contribution in [3.05, 3.63) is 47.5 Å². The normalized spacial score (nSPS) is 11.9. The predicted molar refractivity (Wildman–Crippen MR) is 128 cm³/mol. The lowest BCUT2D eigenvalue weighted by Gasteiger charge is -2.14. The smallest absolute Gasteiger partial charge is 0.238 e. The van der Waals surface area contributed by atoms with Gasteiger partial charge in [-0.1, -0.05) is 20.8 Å². The second-order valence-corrected chi connectivity index (χ2v) is 9.87. The fourth-order valence-electron chi connectivity index (χ4n) is 3.28. The van der Waals surface area contributed by atoms with E-state index in [0.717, 1.165) is 39.4 Å². The van der Waals surface area contributed by atoms with Gasteiger partial charge >= 0.3 is 0 Å². The molecule has 0 radical (unpaired) electrons. The van der Waals surface area contributed by atoms with Gasteiger partial charge in [0, 0.05) is 29.1 Å². The molecule has 4 rings (SSSR count). The third-order valence-electron chi connectivity index (χ3n) is 5.02. The molecular formula is C23H29N7OS. The topological polar surface area (TPSA) is 82.7 Å². The highest BCUT2D eigenvalue weighted by atomic mass is 32.1. The molecule has 0 saturated carbocycles. The highest BCUT2D eigenvalue weighted by Crippen LogP contribution is 2.32. The Kier molecular flexibility index (Phi) is 5.77. The Bertz CT molecular complexity index is 1230. The second kappa shape index (κ2) is 8.38. The minimum atomic E-state index is -0.0272. The van der Waals surface area contributed by atoms with Crippen molar-refractivity contribution < 1.29 is 4.74 Å². The first-order valence-electron chi connectivity index (χ1n) is 10.5. The van der Waals surface area contributed by atoms with Crippen LogP contribution >= 0.6 is 11.3 Å². The van der Waals surface area contributed by atoms with Crippen molar-refractivity contribution in [2.75, 3.05) is 12.4 Å². The molecule has 0 fully saturated rings. The number of hydrogen-bond donors (Lipinski definition) is 1. The van der Waals surface area contributed by atoms with Crippen LogP contribution in [0.5, 0.6) is 5.88 Å². The summed E-state index contributed by atoms with van der Waals surface area (Å²) in [6.45, 7) is 12.7. The Labute approximate surface area is 192 Å². The van der Waals surface area contributed by atoms with Gasteiger partial charge in [-0.2, -0.15) is 5.10 Å². The molecule has 0 aromatic carbocycles. The monoisotopic (exact) mass is 451 g/mol. The number of nitrogens with zero attached hydrogens (tertiary/aromatic N) is 6. The molecule has 0 aliphatic rings. The Hall–Kier alpha value is -3.20. The van der Waals surface area contributed by atoms with Gasteiger partial charge in [0.2, 0.25) is 5.88 Å². The molecule has 4 aromatic heterocycles. The maximum atomic E-state index is 5.54. The second-order valence-electron chi connectivity index (χ2n) is 9.01. The molecule has 0 bridgehead atoms. The van der Waals surface area contributed by atoms with Crippen LogP contribution in [0, 0.1) is 6.92 Å². The number of hydrogen-bond acceptors (Lipinski definition) is 7. The van der Waals surface area contributed by atoms with Crippen LogP contribution in [0.3, 0.4) is 0 Å². The fourth-order valence-corrected chi connectivity index (χ4v) is 3.99. The minimum Gasteiger partial charge on any atom is -0.479 e. The van der Waals surface area contributed by atoms with Gasteiger partial charge in [-0.25, -0.2) is 19.6 Å². The molecule has 0 amide bonds. The Morgan fingerprint density at radius 2 is 1.91 bits per heavy atom. The largest absolute Gasteiger partial charge is 0.479 e. The Morgan fingerprint density at radius 3 is 2.53 bits per heavy atom. The van der Waals surface area contributed by atoms with Gasteiger partial charge in [-0.15, -0.1) is 11.3 Å². The van der Waals surface area contributed by atoms with Crippen molar-refractivity contribution in [2.45, 2.75) is 53.0 Å².